The highest BCUT2D eigenvalue weighted by molar-refractivity contribution is 5.84. The van der Waals surface area contributed by atoms with Gasteiger partial charge in [0.25, 0.3) is 0 Å². The molecular formula is C26H25NO2. The Labute approximate surface area is 171 Å². The van der Waals surface area contributed by atoms with Gasteiger partial charge in [-0.05, 0) is 60.4 Å². The lowest BCUT2D eigenvalue weighted by molar-refractivity contribution is 0.415. The van der Waals surface area contributed by atoms with Crippen molar-refractivity contribution in [3.63, 3.8) is 0 Å². The SMILES string of the molecule is CCCCc1ccc(-c2cc(=O)c3ccccc3n2-c2ccc(OC)cc2)cc1. The largest absolute Gasteiger partial charge is 0.497 e. The smallest absolute Gasteiger partial charge is 0.190 e. The van der Waals surface area contributed by atoms with E-state index in [1.807, 2.05) is 48.5 Å². The third kappa shape index (κ3) is 3.81. The molecule has 4 rings (SSSR count). The fourth-order valence-electron chi connectivity index (χ4n) is 3.72. The number of pyridine rings is 1. The van der Waals surface area contributed by atoms with Gasteiger partial charge in [-0.3, -0.25) is 4.79 Å². The summed E-state index contributed by atoms with van der Waals surface area (Å²) in [7, 11) is 1.66. The van der Waals surface area contributed by atoms with Crippen molar-refractivity contribution in [2.24, 2.45) is 0 Å². The normalized spacial score (nSPS) is 11.0. The van der Waals surface area contributed by atoms with Crippen LogP contribution in [0.25, 0.3) is 27.8 Å². The maximum absolute atomic E-state index is 12.8. The standard InChI is InChI=1S/C26H25NO2/c1-3-4-7-19-10-12-20(13-11-19)25-18-26(28)23-8-5-6-9-24(23)27(25)21-14-16-22(29-2)17-15-21/h5-6,8-18H,3-4,7H2,1-2H3. The maximum atomic E-state index is 12.8. The van der Waals surface area contributed by atoms with E-state index in [-0.39, 0.29) is 5.43 Å². The van der Waals surface area contributed by atoms with Crippen molar-refractivity contribution in [1.29, 1.82) is 0 Å². The molecule has 0 saturated carbocycles. The monoisotopic (exact) mass is 383 g/mol. The van der Waals surface area contributed by atoms with Crippen LogP contribution in [0.2, 0.25) is 0 Å². The zero-order chi connectivity index (χ0) is 20.2. The Balaban J connectivity index is 1.92. The van der Waals surface area contributed by atoms with Gasteiger partial charge < -0.3 is 9.30 Å². The second-order valence-electron chi connectivity index (χ2n) is 7.24. The lowest BCUT2D eigenvalue weighted by Crippen LogP contribution is -2.10. The van der Waals surface area contributed by atoms with Gasteiger partial charge in [-0.1, -0.05) is 49.7 Å². The van der Waals surface area contributed by atoms with Crippen molar-refractivity contribution in [2.75, 3.05) is 7.11 Å². The number of unbranched alkanes of at least 4 members (excludes halogenated alkanes) is 1. The fraction of sp³-hybridized carbons (Fsp3) is 0.192. The van der Waals surface area contributed by atoms with Crippen LogP contribution >= 0.6 is 0 Å². The molecule has 3 aromatic carbocycles. The van der Waals surface area contributed by atoms with Crippen LogP contribution in [0, 0.1) is 0 Å². The van der Waals surface area contributed by atoms with Crippen LogP contribution in [-0.4, -0.2) is 11.7 Å². The Bertz CT molecular complexity index is 1170. The van der Waals surface area contributed by atoms with E-state index in [9.17, 15) is 4.79 Å². The van der Waals surface area contributed by atoms with E-state index in [2.05, 4.69) is 35.8 Å². The van der Waals surface area contributed by atoms with E-state index in [4.69, 9.17) is 4.74 Å². The van der Waals surface area contributed by atoms with Crippen LogP contribution in [0.1, 0.15) is 25.3 Å². The number of hydrogen-bond donors (Lipinski definition) is 0. The Kier molecular flexibility index (Phi) is 5.48. The molecule has 0 amide bonds. The zero-order valence-corrected chi connectivity index (χ0v) is 16.9. The van der Waals surface area contributed by atoms with Crippen LogP contribution in [0.15, 0.2) is 83.7 Å². The number of hydrogen-bond acceptors (Lipinski definition) is 2. The van der Waals surface area contributed by atoms with Gasteiger partial charge in [-0.25, -0.2) is 0 Å². The quantitative estimate of drug-likeness (QED) is 0.408. The summed E-state index contributed by atoms with van der Waals surface area (Å²) in [5, 5.41) is 0.714. The predicted octanol–water partition coefficient (Wildman–Crippen LogP) is 6.01. The van der Waals surface area contributed by atoms with Gasteiger partial charge >= 0.3 is 0 Å². The molecule has 0 radical (unpaired) electrons. The third-order valence-electron chi connectivity index (χ3n) is 5.32. The molecule has 0 N–H and O–H groups in total. The van der Waals surface area contributed by atoms with Crippen LogP contribution in [0.5, 0.6) is 5.75 Å². The molecule has 0 aliphatic heterocycles. The van der Waals surface area contributed by atoms with E-state index in [0.717, 1.165) is 34.6 Å². The second-order valence-corrected chi connectivity index (χ2v) is 7.24. The van der Waals surface area contributed by atoms with Crippen LogP contribution in [0.3, 0.4) is 0 Å². The van der Waals surface area contributed by atoms with E-state index in [1.54, 1.807) is 13.2 Å². The molecule has 0 aliphatic carbocycles. The highest BCUT2D eigenvalue weighted by Gasteiger charge is 2.12. The Morgan fingerprint density at radius 2 is 1.62 bits per heavy atom. The van der Waals surface area contributed by atoms with Gasteiger partial charge in [0.05, 0.1) is 18.3 Å². The zero-order valence-electron chi connectivity index (χ0n) is 16.9. The number of aromatic nitrogens is 1. The number of rotatable bonds is 6. The number of fused-ring (bicyclic) bond motifs is 1. The summed E-state index contributed by atoms with van der Waals surface area (Å²) in [6.45, 7) is 2.21. The summed E-state index contributed by atoms with van der Waals surface area (Å²) in [6.07, 6.45) is 3.45. The topological polar surface area (TPSA) is 31.2 Å². The van der Waals surface area contributed by atoms with Crippen LogP contribution < -0.4 is 10.2 Å². The molecule has 1 heterocycles. The first-order chi connectivity index (χ1) is 14.2. The molecule has 1 aromatic heterocycles. The molecule has 0 aliphatic rings. The van der Waals surface area contributed by atoms with Crippen LogP contribution in [-0.2, 0) is 6.42 Å². The highest BCUT2D eigenvalue weighted by Crippen LogP contribution is 2.28. The molecule has 3 heteroatoms. The molecule has 3 nitrogen and oxygen atoms in total. The first kappa shape index (κ1) is 19.0. The molecule has 0 unspecified atom stereocenters. The Morgan fingerprint density at radius 1 is 0.897 bits per heavy atom. The molecule has 146 valence electrons. The van der Waals surface area contributed by atoms with Crippen molar-refractivity contribution in [1.82, 2.24) is 4.57 Å². The number of ether oxygens (including phenoxy) is 1. The number of nitrogens with zero attached hydrogens (tertiary/aromatic N) is 1. The summed E-state index contributed by atoms with van der Waals surface area (Å²) in [5.41, 5.74) is 5.18. The number of aryl methyl sites for hydroxylation is 1. The molecule has 0 fully saturated rings. The van der Waals surface area contributed by atoms with Crippen molar-refractivity contribution in [3.05, 3.63) is 94.6 Å². The van der Waals surface area contributed by atoms with Crippen molar-refractivity contribution >= 4 is 10.9 Å². The summed E-state index contributed by atoms with van der Waals surface area (Å²) >= 11 is 0. The van der Waals surface area contributed by atoms with E-state index in [0.29, 0.717) is 5.39 Å². The molecule has 0 spiro atoms. The van der Waals surface area contributed by atoms with Gasteiger partial charge in [0.15, 0.2) is 5.43 Å². The molecular weight excluding hydrogens is 358 g/mol. The average molecular weight is 383 g/mol. The number of methoxy groups -OCH3 is 1. The van der Waals surface area contributed by atoms with Gasteiger partial charge in [-0.2, -0.15) is 0 Å². The van der Waals surface area contributed by atoms with E-state index in [1.165, 1.54) is 18.4 Å². The van der Waals surface area contributed by atoms with Gasteiger partial charge in [-0.15, -0.1) is 0 Å². The summed E-state index contributed by atoms with van der Waals surface area (Å²) in [4.78, 5) is 12.8. The van der Waals surface area contributed by atoms with Gasteiger partial charge in [0.2, 0.25) is 0 Å². The minimum absolute atomic E-state index is 0.0374. The van der Waals surface area contributed by atoms with Gasteiger partial charge in [0.1, 0.15) is 5.75 Å². The molecule has 0 bridgehead atoms. The summed E-state index contributed by atoms with van der Waals surface area (Å²) in [6, 6.07) is 26.0. The van der Waals surface area contributed by atoms with Crippen molar-refractivity contribution < 1.29 is 4.74 Å². The highest BCUT2D eigenvalue weighted by atomic mass is 16.5. The number of benzene rings is 3. The molecule has 0 atom stereocenters. The molecule has 0 saturated heterocycles. The van der Waals surface area contributed by atoms with Crippen molar-refractivity contribution in [2.45, 2.75) is 26.2 Å². The predicted molar refractivity (Wildman–Crippen MR) is 120 cm³/mol. The van der Waals surface area contributed by atoms with Crippen molar-refractivity contribution in [3.8, 4) is 22.7 Å². The Morgan fingerprint density at radius 3 is 2.31 bits per heavy atom. The Hall–Kier alpha value is -3.33. The third-order valence-corrected chi connectivity index (χ3v) is 5.32. The first-order valence-electron chi connectivity index (χ1n) is 10.1. The minimum atomic E-state index is 0.0374. The summed E-state index contributed by atoms with van der Waals surface area (Å²) in [5.74, 6) is 0.806. The maximum Gasteiger partial charge on any atom is 0.190 e. The second kappa shape index (κ2) is 8.36. The van der Waals surface area contributed by atoms with E-state index >= 15 is 0 Å². The average Bonchev–Trinajstić information content (AvgIpc) is 2.78. The molecule has 4 aromatic rings. The first-order valence-corrected chi connectivity index (χ1v) is 10.1. The lowest BCUT2D eigenvalue weighted by atomic mass is 10.0. The van der Waals surface area contributed by atoms with Crippen LogP contribution in [0.4, 0.5) is 0 Å². The fourth-order valence-corrected chi connectivity index (χ4v) is 3.72. The van der Waals surface area contributed by atoms with Gasteiger partial charge in [0, 0.05) is 17.1 Å². The van der Waals surface area contributed by atoms with E-state index < -0.39 is 0 Å². The molecule has 29 heavy (non-hydrogen) atoms. The number of para-hydroxylation sites is 1. The summed E-state index contributed by atoms with van der Waals surface area (Å²) < 4.78 is 7.46. The lowest BCUT2D eigenvalue weighted by Gasteiger charge is -2.18. The minimum Gasteiger partial charge on any atom is -0.497 e.